The van der Waals surface area contributed by atoms with E-state index in [1.165, 1.54) is 0 Å². The molecule has 0 spiro atoms. The zero-order chi connectivity index (χ0) is 15.5. The first-order valence-corrected chi connectivity index (χ1v) is 6.44. The third kappa shape index (κ3) is 5.51. The summed E-state index contributed by atoms with van der Waals surface area (Å²) in [6.07, 6.45) is -9.03. The van der Waals surface area contributed by atoms with E-state index in [2.05, 4.69) is 0 Å². The lowest BCUT2D eigenvalue weighted by Crippen LogP contribution is -2.46. The number of rotatable bonds is 7. The van der Waals surface area contributed by atoms with Gasteiger partial charge in [-0.15, -0.1) is 0 Å². The van der Waals surface area contributed by atoms with Crippen molar-refractivity contribution in [3.05, 3.63) is 0 Å². The predicted molar refractivity (Wildman–Crippen MR) is 50.6 cm³/mol. The van der Waals surface area contributed by atoms with E-state index in [1.54, 1.807) is 0 Å². The van der Waals surface area contributed by atoms with Gasteiger partial charge in [-0.05, 0) is 12.8 Å². The summed E-state index contributed by atoms with van der Waals surface area (Å²) in [5, 5.41) is -5.66. The highest BCUT2D eigenvalue weighted by Gasteiger charge is 2.64. The van der Waals surface area contributed by atoms with E-state index in [0.29, 0.717) is 0 Å². The van der Waals surface area contributed by atoms with Crippen LogP contribution >= 0.6 is 0 Å². The van der Waals surface area contributed by atoms with Crippen LogP contribution in [0.1, 0.15) is 32.1 Å². The average molecular weight is 320 g/mol. The van der Waals surface area contributed by atoms with Crippen LogP contribution in [-0.4, -0.2) is 30.3 Å². The lowest BCUT2D eigenvalue weighted by Gasteiger charge is -2.23. The Kier molecular flexibility index (Phi) is 5.64. The van der Waals surface area contributed by atoms with Crippen LogP contribution in [0.15, 0.2) is 0 Å². The van der Waals surface area contributed by atoms with Crippen molar-refractivity contribution < 1.29 is 43.7 Å². The van der Waals surface area contributed by atoms with Gasteiger partial charge in [0.15, 0.2) is 0 Å². The summed E-state index contributed by atoms with van der Waals surface area (Å²) in [7, 11) is -6.29. The lowest BCUT2D eigenvalue weighted by molar-refractivity contribution is -0.165. The summed E-state index contributed by atoms with van der Waals surface area (Å²) >= 11 is 0. The molecule has 0 aromatic heterocycles. The molecule has 0 fully saturated rings. The first-order valence-electron chi connectivity index (χ1n) is 5.00. The van der Waals surface area contributed by atoms with Crippen LogP contribution < -0.4 is 0 Å². The Morgan fingerprint density at radius 1 is 0.789 bits per heavy atom. The first kappa shape index (κ1) is 18.4. The molecule has 0 amide bonds. The molecule has 0 aliphatic rings. The fraction of sp³-hybridized carbons (Fsp3) is 1.00. The van der Waals surface area contributed by atoms with Gasteiger partial charge in [0.25, 0.3) is 0 Å². The maximum Gasteiger partial charge on any atom is 0.431 e. The molecule has 0 heterocycles. The molecule has 19 heavy (non-hydrogen) atoms. The maximum absolute atomic E-state index is 12.8. The van der Waals surface area contributed by atoms with E-state index >= 15 is 0 Å². The minimum Gasteiger partial charge on any atom is -0.281 e. The van der Waals surface area contributed by atoms with Crippen LogP contribution in [0.5, 0.6) is 0 Å². The molecular formula is C8H11F7O3S. The number of halogens is 7. The summed E-state index contributed by atoms with van der Waals surface area (Å²) in [4.78, 5) is 0. The number of hydrogen-bond acceptors (Lipinski definition) is 2. The van der Waals surface area contributed by atoms with Crippen LogP contribution in [0.4, 0.5) is 30.7 Å². The molecule has 11 heteroatoms. The summed E-state index contributed by atoms with van der Waals surface area (Å²) < 4.78 is 114. The molecule has 0 aliphatic heterocycles. The van der Waals surface area contributed by atoms with Gasteiger partial charge in [-0.3, -0.25) is 4.55 Å². The maximum atomic E-state index is 12.8. The smallest absolute Gasteiger partial charge is 0.281 e. The second-order valence-electron chi connectivity index (χ2n) is 3.87. The highest BCUT2D eigenvalue weighted by Crippen LogP contribution is 2.41. The standard InChI is InChI=1S/C8H11F7O3S/c9-6(10,8(14,15)19(16,17)18)4-2-1-3-5-7(11,12)13/h1-5H2,(H,16,17,18). The van der Waals surface area contributed by atoms with E-state index in [-0.39, 0.29) is 0 Å². The van der Waals surface area contributed by atoms with Crippen molar-refractivity contribution in [1.82, 2.24) is 0 Å². The van der Waals surface area contributed by atoms with Gasteiger partial charge >= 0.3 is 27.5 Å². The molecular weight excluding hydrogens is 309 g/mol. The fourth-order valence-electron chi connectivity index (χ4n) is 1.18. The summed E-state index contributed by atoms with van der Waals surface area (Å²) in [6, 6.07) is 0. The third-order valence-electron chi connectivity index (χ3n) is 2.20. The van der Waals surface area contributed by atoms with Gasteiger partial charge in [-0.25, -0.2) is 0 Å². The van der Waals surface area contributed by atoms with Gasteiger partial charge in [0.1, 0.15) is 0 Å². The van der Waals surface area contributed by atoms with E-state index in [9.17, 15) is 39.2 Å². The van der Waals surface area contributed by atoms with Crippen molar-refractivity contribution in [2.45, 2.75) is 49.5 Å². The van der Waals surface area contributed by atoms with E-state index in [4.69, 9.17) is 4.55 Å². The largest absolute Gasteiger partial charge is 0.431 e. The minimum atomic E-state index is -6.29. The summed E-state index contributed by atoms with van der Waals surface area (Å²) in [6.45, 7) is 0. The Hall–Kier alpha value is -0.580. The topological polar surface area (TPSA) is 54.4 Å². The number of unbranched alkanes of at least 4 members (excludes halogenated alkanes) is 2. The third-order valence-corrected chi connectivity index (χ3v) is 3.15. The molecule has 0 bridgehead atoms. The summed E-state index contributed by atoms with van der Waals surface area (Å²) in [5.74, 6) is -5.04. The molecule has 0 rings (SSSR count). The van der Waals surface area contributed by atoms with E-state index in [0.717, 1.165) is 0 Å². The summed E-state index contributed by atoms with van der Waals surface area (Å²) in [5.41, 5.74) is 0. The molecule has 0 aliphatic carbocycles. The van der Waals surface area contributed by atoms with Crippen LogP contribution in [0.2, 0.25) is 0 Å². The minimum absolute atomic E-state index is 0.420. The first-order chi connectivity index (χ1) is 8.21. The second-order valence-corrected chi connectivity index (χ2v) is 5.33. The van der Waals surface area contributed by atoms with Crippen molar-refractivity contribution in [2.75, 3.05) is 0 Å². The van der Waals surface area contributed by atoms with Gasteiger partial charge in [-0.1, -0.05) is 6.42 Å². The molecule has 0 radical (unpaired) electrons. The Morgan fingerprint density at radius 2 is 1.21 bits per heavy atom. The second kappa shape index (κ2) is 5.81. The molecule has 0 saturated heterocycles. The highest BCUT2D eigenvalue weighted by atomic mass is 32.2. The molecule has 0 unspecified atom stereocenters. The zero-order valence-electron chi connectivity index (χ0n) is 9.35. The molecule has 0 aromatic carbocycles. The molecule has 1 N–H and O–H groups in total. The fourth-order valence-corrected chi connectivity index (χ4v) is 1.66. The van der Waals surface area contributed by atoms with Gasteiger partial charge in [-0.2, -0.15) is 39.2 Å². The molecule has 116 valence electrons. The highest BCUT2D eigenvalue weighted by molar-refractivity contribution is 7.87. The quantitative estimate of drug-likeness (QED) is 0.443. The Bertz CT molecular complexity index is 388. The van der Waals surface area contributed by atoms with Crippen molar-refractivity contribution >= 4 is 10.1 Å². The SMILES string of the molecule is O=S(=O)(O)C(F)(F)C(F)(F)CCCCCC(F)(F)F. The normalized spacial score (nSPS) is 14.7. The lowest BCUT2D eigenvalue weighted by atomic mass is 10.1. The number of hydrogen-bond donors (Lipinski definition) is 1. The molecule has 0 atom stereocenters. The van der Waals surface area contributed by atoms with Crippen molar-refractivity contribution in [2.24, 2.45) is 0 Å². The zero-order valence-corrected chi connectivity index (χ0v) is 10.2. The number of alkyl halides is 7. The van der Waals surface area contributed by atoms with Gasteiger partial charge < -0.3 is 0 Å². The van der Waals surface area contributed by atoms with E-state index in [1.807, 2.05) is 0 Å². The van der Waals surface area contributed by atoms with Gasteiger partial charge in [0.05, 0.1) is 0 Å². The van der Waals surface area contributed by atoms with Crippen LogP contribution in [0.25, 0.3) is 0 Å². The Labute approximate surface area is 104 Å². The van der Waals surface area contributed by atoms with E-state index < -0.39 is 59.6 Å². The molecule has 0 aromatic rings. The average Bonchev–Trinajstić information content (AvgIpc) is 2.12. The molecule has 0 saturated carbocycles. The Morgan fingerprint density at radius 3 is 1.58 bits per heavy atom. The van der Waals surface area contributed by atoms with Crippen LogP contribution in [0, 0.1) is 0 Å². The van der Waals surface area contributed by atoms with Gasteiger partial charge in [0.2, 0.25) is 0 Å². The Balaban J connectivity index is 4.34. The van der Waals surface area contributed by atoms with Crippen molar-refractivity contribution in [3.8, 4) is 0 Å². The monoisotopic (exact) mass is 320 g/mol. The van der Waals surface area contributed by atoms with Crippen LogP contribution in [-0.2, 0) is 10.1 Å². The molecule has 3 nitrogen and oxygen atoms in total. The predicted octanol–water partition coefficient (Wildman–Crippen LogP) is 3.62. The van der Waals surface area contributed by atoms with Crippen molar-refractivity contribution in [3.63, 3.8) is 0 Å². The van der Waals surface area contributed by atoms with Gasteiger partial charge in [0, 0.05) is 12.8 Å². The van der Waals surface area contributed by atoms with Crippen molar-refractivity contribution in [1.29, 1.82) is 0 Å². The van der Waals surface area contributed by atoms with Crippen LogP contribution in [0.3, 0.4) is 0 Å².